The minimum atomic E-state index is -0.443. The Bertz CT molecular complexity index is 1070. The van der Waals surface area contributed by atoms with Crippen LogP contribution in [0.2, 0.25) is 0 Å². The van der Waals surface area contributed by atoms with E-state index >= 15 is 0 Å². The van der Waals surface area contributed by atoms with Gasteiger partial charge in [-0.15, -0.1) is 0 Å². The van der Waals surface area contributed by atoms with Gasteiger partial charge in [0.05, 0.1) is 24.8 Å². The number of nitrogens with one attached hydrogen (secondary N) is 3. The number of ether oxygens (including phenoxy) is 2. The molecule has 0 saturated heterocycles. The number of amides is 2. The maximum absolute atomic E-state index is 12.7. The van der Waals surface area contributed by atoms with Crippen molar-refractivity contribution in [3.8, 4) is 5.75 Å². The molecule has 0 bridgehead atoms. The van der Waals surface area contributed by atoms with Gasteiger partial charge in [0.15, 0.2) is 5.11 Å². The topological polar surface area (TPSA) is 91.9 Å². The van der Waals surface area contributed by atoms with Gasteiger partial charge in [-0.25, -0.2) is 9.59 Å². The van der Waals surface area contributed by atoms with Crippen LogP contribution in [0.15, 0.2) is 59.8 Å². The maximum Gasteiger partial charge on any atom is 0.338 e. The number of rotatable bonds is 8. The number of benzene rings is 2. The summed E-state index contributed by atoms with van der Waals surface area (Å²) in [7, 11) is 0. The lowest BCUT2D eigenvalue weighted by Gasteiger charge is -2.37. The molecule has 1 heterocycles. The van der Waals surface area contributed by atoms with Crippen molar-refractivity contribution in [2.45, 2.75) is 33.7 Å². The fourth-order valence-corrected chi connectivity index (χ4v) is 4.12. The second-order valence-corrected chi connectivity index (χ2v) is 7.89. The Hall–Kier alpha value is -3.59. The van der Waals surface area contributed by atoms with Crippen molar-refractivity contribution in [2.24, 2.45) is 0 Å². The molecule has 2 aromatic carbocycles. The Kier molecular flexibility index (Phi) is 8.48. The summed E-state index contributed by atoms with van der Waals surface area (Å²) >= 11 is 5.51. The van der Waals surface area contributed by atoms with E-state index in [0.717, 1.165) is 17.0 Å². The van der Waals surface area contributed by atoms with Crippen molar-refractivity contribution < 1.29 is 19.1 Å². The molecule has 0 radical (unpaired) electrons. The van der Waals surface area contributed by atoms with Crippen LogP contribution in [-0.4, -0.2) is 41.8 Å². The predicted octanol–water partition coefficient (Wildman–Crippen LogP) is 4.82. The standard InChI is InChI=1S/C25H30N4O4S/c1-5-29-16(4)21(23(30)33-7-3)22(28-25(29)34)17-8-10-18(11-9-17)26-24(31)27-19-12-14-20(15-13-19)32-6-2/h8-15,22H,5-7H2,1-4H3,(H,28,34)(H2,26,27,31)/t22-/m0/s1. The van der Waals surface area contributed by atoms with Crippen molar-refractivity contribution in [1.29, 1.82) is 0 Å². The molecule has 1 aliphatic rings. The van der Waals surface area contributed by atoms with E-state index in [1.807, 2.05) is 37.8 Å². The molecule has 2 aromatic rings. The molecule has 180 valence electrons. The van der Waals surface area contributed by atoms with Crippen LogP contribution in [0.3, 0.4) is 0 Å². The van der Waals surface area contributed by atoms with Crippen LogP contribution < -0.4 is 20.7 Å². The summed E-state index contributed by atoms with van der Waals surface area (Å²) in [5.74, 6) is 0.365. The summed E-state index contributed by atoms with van der Waals surface area (Å²) in [6.07, 6.45) is 0. The highest BCUT2D eigenvalue weighted by Gasteiger charge is 2.34. The molecule has 2 amide bonds. The zero-order valence-electron chi connectivity index (χ0n) is 19.8. The lowest BCUT2D eigenvalue weighted by atomic mass is 9.95. The van der Waals surface area contributed by atoms with Gasteiger partial charge < -0.3 is 30.3 Å². The second-order valence-electron chi connectivity index (χ2n) is 7.50. The van der Waals surface area contributed by atoms with Gasteiger partial charge in [0.25, 0.3) is 0 Å². The van der Waals surface area contributed by atoms with E-state index in [0.29, 0.717) is 35.2 Å². The minimum Gasteiger partial charge on any atom is -0.494 e. The molecule has 0 aromatic heterocycles. The molecule has 3 rings (SSSR count). The summed E-state index contributed by atoms with van der Waals surface area (Å²) in [5, 5.41) is 9.40. The molecule has 1 aliphatic heterocycles. The molecular weight excluding hydrogens is 452 g/mol. The monoisotopic (exact) mass is 482 g/mol. The van der Waals surface area contributed by atoms with Gasteiger partial charge in [0, 0.05) is 23.6 Å². The first-order chi connectivity index (χ1) is 16.4. The van der Waals surface area contributed by atoms with Crippen molar-refractivity contribution in [3.63, 3.8) is 0 Å². The average molecular weight is 483 g/mol. The van der Waals surface area contributed by atoms with E-state index in [1.165, 1.54) is 0 Å². The van der Waals surface area contributed by atoms with Crippen LogP contribution in [0.4, 0.5) is 16.2 Å². The Labute approximate surface area is 205 Å². The fraction of sp³-hybridized carbons (Fsp3) is 0.320. The molecule has 1 atom stereocenters. The number of carbonyl (C=O) groups is 2. The van der Waals surface area contributed by atoms with Gasteiger partial charge in [-0.05, 0) is 81.9 Å². The van der Waals surface area contributed by atoms with Crippen molar-refractivity contribution in [3.05, 3.63) is 65.4 Å². The molecule has 34 heavy (non-hydrogen) atoms. The van der Waals surface area contributed by atoms with Crippen molar-refractivity contribution in [2.75, 3.05) is 30.4 Å². The van der Waals surface area contributed by atoms with Crippen LogP contribution >= 0.6 is 12.2 Å². The van der Waals surface area contributed by atoms with Gasteiger partial charge in [0.2, 0.25) is 0 Å². The third-order valence-corrected chi connectivity index (χ3v) is 5.67. The summed E-state index contributed by atoms with van der Waals surface area (Å²) in [5.41, 5.74) is 3.38. The minimum absolute atomic E-state index is 0.283. The smallest absolute Gasteiger partial charge is 0.338 e. The summed E-state index contributed by atoms with van der Waals surface area (Å²) in [6.45, 7) is 9.04. The molecule has 0 unspecified atom stereocenters. The van der Waals surface area contributed by atoms with Gasteiger partial charge in [-0.3, -0.25) is 0 Å². The van der Waals surface area contributed by atoms with E-state index in [4.69, 9.17) is 21.7 Å². The number of hydrogen-bond donors (Lipinski definition) is 3. The number of anilines is 2. The van der Waals surface area contributed by atoms with Gasteiger partial charge >= 0.3 is 12.0 Å². The summed E-state index contributed by atoms with van der Waals surface area (Å²) in [4.78, 5) is 27.0. The highest BCUT2D eigenvalue weighted by atomic mass is 32.1. The van der Waals surface area contributed by atoms with E-state index in [2.05, 4.69) is 16.0 Å². The zero-order chi connectivity index (χ0) is 24.7. The molecule has 3 N–H and O–H groups in total. The number of thiocarbonyl (C=S) groups is 1. The van der Waals surface area contributed by atoms with Crippen LogP contribution in [0.25, 0.3) is 0 Å². The second kappa shape index (κ2) is 11.5. The van der Waals surface area contributed by atoms with Gasteiger partial charge in [0.1, 0.15) is 5.75 Å². The van der Waals surface area contributed by atoms with E-state index in [1.54, 1.807) is 43.3 Å². The SMILES string of the molecule is CCOC(=O)C1=C(C)N(CC)C(=S)N[C@H]1c1ccc(NC(=O)Nc2ccc(OCC)cc2)cc1. The van der Waals surface area contributed by atoms with Crippen LogP contribution in [0.5, 0.6) is 5.75 Å². The van der Waals surface area contributed by atoms with Gasteiger partial charge in [-0.2, -0.15) is 0 Å². The van der Waals surface area contributed by atoms with E-state index in [9.17, 15) is 9.59 Å². The summed E-state index contributed by atoms with van der Waals surface area (Å²) in [6, 6.07) is 13.6. The maximum atomic E-state index is 12.7. The molecule has 0 fully saturated rings. The summed E-state index contributed by atoms with van der Waals surface area (Å²) < 4.78 is 10.7. The van der Waals surface area contributed by atoms with Crippen LogP contribution in [0, 0.1) is 0 Å². The Morgan fingerprint density at radius 1 is 0.971 bits per heavy atom. The normalized spacial score (nSPS) is 15.5. The number of urea groups is 1. The highest BCUT2D eigenvalue weighted by Crippen LogP contribution is 2.32. The first-order valence-corrected chi connectivity index (χ1v) is 11.6. The number of carbonyl (C=O) groups excluding carboxylic acids is 2. The Morgan fingerprint density at radius 3 is 2.09 bits per heavy atom. The lowest BCUT2D eigenvalue weighted by molar-refractivity contribution is -0.139. The molecule has 8 nitrogen and oxygen atoms in total. The Morgan fingerprint density at radius 2 is 1.56 bits per heavy atom. The quantitative estimate of drug-likeness (QED) is 0.367. The van der Waals surface area contributed by atoms with Crippen molar-refractivity contribution in [1.82, 2.24) is 10.2 Å². The first kappa shape index (κ1) is 25.0. The van der Waals surface area contributed by atoms with Crippen LogP contribution in [0.1, 0.15) is 39.3 Å². The van der Waals surface area contributed by atoms with Gasteiger partial charge in [-0.1, -0.05) is 12.1 Å². The average Bonchev–Trinajstić information content (AvgIpc) is 2.81. The molecule has 9 heteroatoms. The molecule has 0 aliphatic carbocycles. The Balaban J connectivity index is 1.73. The number of hydrogen-bond acceptors (Lipinski definition) is 5. The predicted molar refractivity (Wildman–Crippen MR) is 137 cm³/mol. The number of esters is 1. The molecule has 0 saturated carbocycles. The molecule has 0 spiro atoms. The molecular formula is C25H30N4O4S. The number of nitrogens with zero attached hydrogens (tertiary/aromatic N) is 1. The number of allylic oxidation sites excluding steroid dienone is 1. The lowest BCUT2D eigenvalue weighted by Crippen LogP contribution is -2.47. The van der Waals surface area contributed by atoms with E-state index < -0.39 is 6.04 Å². The fourth-order valence-electron chi connectivity index (χ4n) is 3.74. The zero-order valence-corrected chi connectivity index (χ0v) is 20.6. The highest BCUT2D eigenvalue weighted by molar-refractivity contribution is 7.80. The first-order valence-electron chi connectivity index (χ1n) is 11.2. The van der Waals surface area contributed by atoms with Crippen LogP contribution in [-0.2, 0) is 9.53 Å². The van der Waals surface area contributed by atoms with Crippen molar-refractivity contribution >= 4 is 40.7 Å². The third-order valence-electron chi connectivity index (χ3n) is 5.33. The third kappa shape index (κ3) is 5.85. The largest absolute Gasteiger partial charge is 0.494 e. The van der Waals surface area contributed by atoms with E-state index in [-0.39, 0.29) is 18.6 Å².